The highest BCUT2D eigenvalue weighted by Crippen LogP contribution is 2.20. The van der Waals surface area contributed by atoms with Gasteiger partial charge >= 0.3 is 5.97 Å². The van der Waals surface area contributed by atoms with Crippen molar-refractivity contribution in [3.63, 3.8) is 0 Å². The van der Waals surface area contributed by atoms with Crippen LogP contribution in [0.5, 0.6) is 5.75 Å². The Kier molecular flexibility index (Phi) is 17.6. The fourth-order valence-corrected chi connectivity index (χ4v) is 5.58. The molecule has 1 fully saturated rings. The van der Waals surface area contributed by atoms with Crippen molar-refractivity contribution < 1.29 is 39.0 Å². The molecule has 0 aromatic heterocycles. The molecule has 0 saturated carbocycles. The summed E-state index contributed by atoms with van der Waals surface area (Å²) in [5.74, 6) is -4.77. The van der Waals surface area contributed by atoms with Crippen molar-refractivity contribution in [2.45, 2.75) is 95.4 Å². The van der Waals surface area contributed by atoms with Crippen LogP contribution in [-0.4, -0.2) is 113 Å². The maximum Gasteiger partial charge on any atom is 0.326 e. The second kappa shape index (κ2) is 21.3. The first-order chi connectivity index (χ1) is 24.1. The Morgan fingerprint density at radius 1 is 0.922 bits per heavy atom. The largest absolute Gasteiger partial charge is 0.508 e. The number of aliphatic imine (C=N–C) groups is 1. The van der Waals surface area contributed by atoms with E-state index in [-0.39, 0.29) is 56.4 Å². The van der Waals surface area contributed by atoms with Gasteiger partial charge in [-0.25, -0.2) is 4.79 Å². The van der Waals surface area contributed by atoms with E-state index in [0.717, 1.165) is 0 Å². The number of hydrogen-bond donors (Lipinski definition) is 10. The molecule has 1 aromatic rings. The molecule has 51 heavy (non-hydrogen) atoms. The van der Waals surface area contributed by atoms with Gasteiger partial charge in [0.25, 0.3) is 0 Å². The van der Waals surface area contributed by atoms with E-state index in [1.54, 1.807) is 26.0 Å². The lowest BCUT2D eigenvalue weighted by Gasteiger charge is -2.29. The van der Waals surface area contributed by atoms with Gasteiger partial charge in [0, 0.05) is 13.1 Å². The van der Waals surface area contributed by atoms with Crippen LogP contribution in [0, 0.1) is 5.92 Å². The Balaban J connectivity index is 2.10. The van der Waals surface area contributed by atoms with Crippen molar-refractivity contribution >= 4 is 41.5 Å². The minimum Gasteiger partial charge on any atom is -0.508 e. The molecule has 284 valence electrons. The minimum atomic E-state index is -1.17. The number of hydrogen-bond acceptors (Lipinski definition) is 10. The zero-order valence-electron chi connectivity index (χ0n) is 29.3. The molecule has 5 atom stereocenters. The molecule has 1 aliphatic heterocycles. The van der Waals surface area contributed by atoms with Gasteiger partial charge in [-0.15, -0.1) is 0 Å². The van der Waals surface area contributed by atoms with Gasteiger partial charge in [-0.05, 0) is 81.5 Å². The fraction of sp³-hybridized carbons (Fsp3) is 0.606. The second-order valence-electron chi connectivity index (χ2n) is 12.9. The lowest BCUT2D eigenvalue weighted by molar-refractivity contribution is -0.149. The maximum absolute atomic E-state index is 13.6. The molecule has 18 heteroatoms. The van der Waals surface area contributed by atoms with Gasteiger partial charge in [0.05, 0.1) is 12.6 Å². The van der Waals surface area contributed by atoms with Gasteiger partial charge in [0.2, 0.25) is 29.5 Å². The molecule has 0 bridgehead atoms. The number of carbonyl (C=O) groups is 6. The van der Waals surface area contributed by atoms with Crippen LogP contribution in [-0.2, 0) is 35.2 Å². The third-order valence-electron chi connectivity index (χ3n) is 8.38. The van der Waals surface area contributed by atoms with Crippen molar-refractivity contribution in [1.29, 1.82) is 0 Å². The van der Waals surface area contributed by atoms with Gasteiger partial charge in [-0.2, -0.15) is 0 Å². The molecule has 2 rings (SSSR count). The number of amides is 5. The van der Waals surface area contributed by atoms with E-state index in [0.29, 0.717) is 37.8 Å². The smallest absolute Gasteiger partial charge is 0.326 e. The third-order valence-corrected chi connectivity index (χ3v) is 8.38. The van der Waals surface area contributed by atoms with Gasteiger partial charge in [0.1, 0.15) is 29.9 Å². The lowest BCUT2D eigenvalue weighted by atomic mass is 10.0. The number of carboxylic acid groups (broad SMARTS) is 1. The van der Waals surface area contributed by atoms with Crippen LogP contribution in [0.1, 0.15) is 64.4 Å². The monoisotopic (exact) mass is 718 g/mol. The van der Waals surface area contributed by atoms with Crippen LogP contribution in [0.4, 0.5) is 0 Å². The van der Waals surface area contributed by atoms with Crippen molar-refractivity contribution in [2.75, 3.05) is 26.2 Å². The van der Waals surface area contributed by atoms with Gasteiger partial charge in [-0.1, -0.05) is 26.0 Å². The molecule has 18 nitrogen and oxygen atoms in total. The van der Waals surface area contributed by atoms with Crippen molar-refractivity contribution in [1.82, 2.24) is 26.2 Å². The van der Waals surface area contributed by atoms with Gasteiger partial charge < -0.3 is 59.3 Å². The molecule has 0 unspecified atom stereocenters. The molecule has 1 saturated heterocycles. The number of rotatable bonds is 21. The van der Waals surface area contributed by atoms with E-state index < -0.39 is 72.3 Å². The Bertz CT molecular complexity index is 1370. The Labute approximate surface area is 297 Å². The zero-order chi connectivity index (χ0) is 38.1. The van der Waals surface area contributed by atoms with Crippen LogP contribution < -0.4 is 44.2 Å². The second-order valence-corrected chi connectivity index (χ2v) is 12.9. The molecule has 1 aromatic carbocycles. The van der Waals surface area contributed by atoms with E-state index in [9.17, 15) is 39.0 Å². The molecule has 5 amide bonds. The molecule has 14 N–H and O–H groups in total. The Hall–Kier alpha value is -4.97. The van der Waals surface area contributed by atoms with Gasteiger partial charge in [0.15, 0.2) is 5.96 Å². The SMILES string of the molecule is CC(C)[C@H](NC(=O)[C@@H](N)Cc1ccc(O)cc1)C(=O)NCC(=O)N[C@@H](CCCN=C(N)N)C(=O)N[C@@H](CCCCN)C(=O)N1CCC[C@H]1C(=O)O. The van der Waals surface area contributed by atoms with Crippen molar-refractivity contribution in [3.8, 4) is 5.75 Å². The average Bonchev–Trinajstić information content (AvgIpc) is 3.58. The summed E-state index contributed by atoms with van der Waals surface area (Å²) in [5, 5.41) is 29.5. The summed E-state index contributed by atoms with van der Waals surface area (Å²) >= 11 is 0. The van der Waals surface area contributed by atoms with Crippen LogP contribution in [0.2, 0.25) is 0 Å². The zero-order valence-corrected chi connectivity index (χ0v) is 29.3. The molecular weight excluding hydrogens is 664 g/mol. The summed E-state index contributed by atoms with van der Waals surface area (Å²) in [6.07, 6.45) is 2.57. The van der Waals surface area contributed by atoms with E-state index in [1.807, 2.05) is 0 Å². The van der Waals surface area contributed by atoms with E-state index in [4.69, 9.17) is 22.9 Å². The number of carboxylic acids is 1. The number of nitrogens with two attached hydrogens (primary N) is 4. The number of aliphatic carboxylic acids is 1. The van der Waals surface area contributed by atoms with Crippen molar-refractivity contribution in [2.24, 2.45) is 33.8 Å². The number of benzene rings is 1. The molecular formula is C33H54N10O8. The first-order valence-electron chi connectivity index (χ1n) is 17.1. The number of guanidine groups is 1. The lowest BCUT2D eigenvalue weighted by Crippen LogP contribution is -2.57. The van der Waals surface area contributed by atoms with Crippen LogP contribution in [0.15, 0.2) is 29.3 Å². The Morgan fingerprint density at radius 2 is 1.59 bits per heavy atom. The predicted molar refractivity (Wildman–Crippen MR) is 189 cm³/mol. The molecule has 1 aliphatic rings. The molecule has 1 heterocycles. The highest BCUT2D eigenvalue weighted by atomic mass is 16.4. The third kappa shape index (κ3) is 14.4. The summed E-state index contributed by atoms with van der Waals surface area (Å²) < 4.78 is 0. The summed E-state index contributed by atoms with van der Waals surface area (Å²) in [6, 6.07) is 0.956. The standard InChI is InChI=1S/C33H54N10O8/c1-19(2)27(42-28(46)22(35)17-20-10-12-21(44)13-11-20)30(48)39-18-26(45)40-23(8-5-15-38-33(36)37)29(47)41-24(7-3-4-14-34)31(49)43-16-6-9-25(43)32(50)51/h10-13,19,22-25,27,44H,3-9,14-18,34-35H2,1-2H3,(H,39,48)(H,40,45)(H,41,47)(H,42,46)(H,50,51)(H4,36,37,38)/t22-,23-,24-,25-,27-/m0/s1. The fourth-order valence-electron chi connectivity index (χ4n) is 5.58. The summed E-state index contributed by atoms with van der Waals surface area (Å²) in [7, 11) is 0. The number of likely N-dealkylation sites (tertiary alicyclic amines) is 1. The quantitative estimate of drug-likeness (QED) is 0.0366. The van der Waals surface area contributed by atoms with Crippen LogP contribution in [0.25, 0.3) is 0 Å². The number of aromatic hydroxyl groups is 1. The number of phenolic OH excluding ortho intramolecular Hbond substituents is 1. The normalized spacial score (nSPS) is 16.3. The summed E-state index contributed by atoms with van der Waals surface area (Å²) in [6.45, 7) is 3.62. The highest BCUT2D eigenvalue weighted by molar-refractivity contribution is 5.95. The number of nitrogens with one attached hydrogen (secondary N) is 4. The highest BCUT2D eigenvalue weighted by Gasteiger charge is 2.38. The van der Waals surface area contributed by atoms with E-state index >= 15 is 0 Å². The van der Waals surface area contributed by atoms with E-state index in [1.165, 1.54) is 17.0 Å². The minimum absolute atomic E-state index is 0.0665. The molecule has 0 aliphatic carbocycles. The van der Waals surface area contributed by atoms with Crippen LogP contribution in [0.3, 0.4) is 0 Å². The number of phenols is 1. The first-order valence-corrected chi connectivity index (χ1v) is 17.1. The number of unbranched alkanes of at least 4 members (excludes halogenated alkanes) is 1. The number of nitrogens with zero attached hydrogens (tertiary/aromatic N) is 2. The van der Waals surface area contributed by atoms with Gasteiger partial charge in [-0.3, -0.25) is 29.0 Å². The van der Waals surface area contributed by atoms with Crippen molar-refractivity contribution in [3.05, 3.63) is 29.8 Å². The average molecular weight is 719 g/mol. The summed E-state index contributed by atoms with van der Waals surface area (Å²) in [4.78, 5) is 82.9. The number of carbonyl (C=O) groups excluding carboxylic acids is 5. The maximum atomic E-state index is 13.6. The molecule has 0 spiro atoms. The van der Waals surface area contributed by atoms with Crippen LogP contribution >= 0.6 is 0 Å². The summed E-state index contributed by atoms with van der Waals surface area (Å²) in [5.41, 5.74) is 23.2. The molecule has 0 radical (unpaired) electrons. The Morgan fingerprint density at radius 3 is 2.20 bits per heavy atom. The topological polar surface area (TPSA) is 311 Å². The van der Waals surface area contributed by atoms with E-state index in [2.05, 4.69) is 26.3 Å². The predicted octanol–water partition coefficient (Wildman–Crippen LogP) is -2.25. The first kappa shape index (κ1) is 42.2.